The maximum Gasteiger partial charge on any atom is 0.255 e. The molecule has 1 amide bonds. The topological polar surface area (TPSA) is 37.7 Å². The van der Waals surface area contributed by atoms with Gasteiger partial charge in [0.1, 0.15) is 5.75 Å². The van der Waals surface area contributed by atoms with Gasteiger partial charge in [-0.25, -0.2) is 0 Å². The van der Waals surface area contributed by atoms with Crippen LogP contribution in [-0.2, 0) is 0 Å². The van der Waals surface area contributed by atoms with Crippen LogP contribution in [0.15, 0.2) is 78.9 Å². The number of aromatic nitrogens is 1. The van der Waals surface area contributed by atoms with E-state index in [0.717, 1.165) is 57.8 Å². The first-order valence-corrected chi connectivity index (χ1v) is 12.6. The third kappa shape index (κ3) is 4.71. The van der Waals surface area contributed by atoms with Gasteiger partial charge in [-0.1, -0.05) is 35.4 Å². The first-order chi connectivity index (χ1) is 17.4. The number of carbonyl (C=O) groups is 1. The smallest absolute Gasteiger partial charge is 0.255 e. The Morgan fingerprint density at radius 2 is 1.53 bits per heavy atom. The lowest BCUT2D eigenvalue weighted by Gasteiger charge is -2.36. The second kappa shape index (κ2) is 10.1. The number of benzene rings is 3. The van der Waals surface area contributed by atoms with Gasteiger partial charge in [-0.3, -0.25) is 4.79 Å². The van der Waals surface area contributed by atoms with Crippen LogP contribution in [0, 0.1) is 13.8 Å². The van der Waals surface area contributed by atoms with E-state index in [0.29, 0.717) is 13.1 Å². The minimum absolute atomic E-state index is 0.0684. The van der Waals surface area contributed by atoms with Crippen LogP contribution in [0.4, 0.5) is 5.69 Å². The van der Waals surface area contributed by atoms with Gasteiger partial charge in [-0.15, -0.1) is 0 Å². The number of hydrogen-bond acceptors (Lipinski definition) is 3. The molecule has 0 bridgehead atoms. The molecule has 0 spiro atoms. The zero-order valence-electron chi connectivity index (χ0n) is 20.9. The van der Waals surface area contributed by atoms with Gasteiger partial charge in [0.25, 0.3) is 5.91 Å². The number of aryl methyl sites for hydroxylation is 1. The Morgan fingerprint density at radius 3 is 2.17 bits per heavy atom. The fourth-order valence-corrected chi connectivity index (χ4v) is 5.02. The summed E-state index contributed by atoms with van der Waals surface area (Å²) in [4.78, 5) is 18.0. The maximum absolute atomic E-state index is 13.8. The summed E-state index contributed by atoms with van der Waals surface area (Å²) in [7, 11) is 1.66. The normalized spacial score (nSPS) is 13.7. The second-order valence-corrected chi connectivity index (χ2v) is 9.62. The number of amides is 1. The zero-order chi connectivity index (χ0) is 25.2. The van der Waals surface area contributed by atoms with Crippen molar-refractivity contribution in [3.63, 3.8) is 0 Å². The van der Waals surface area contributed by atoms with E-state index in [2.05, 4.69) is 46.7 Å². The van der Waals surface area contributed by atoms with Crippen molar-refractivity contribution in [2.45, 2.75) is 13.8 Å². The van der Waals surface area contributed by atoms with Gasteiger partial charge in [0, 0.05) is 48.3 Å². The molecule has 1 saturated heterocycles. The van der Waals surface area contributed by atoms with Crippen LogP contribution in [0.1, 0.15) is 21.6 Å². The van der Waals surface area contributed by atoms with Crippen molar-refractivity contribution in [3.05, 3.63) is 101 Å². The van der Waals surface area contributed by atoms with Crippen molar-refractivity contribution in [2.24, 2.45) is 0 Å². The number of hydrogen-bond donors (Lipinski definition) is 0. The summed E-state index contributed by atoms with van der Waals surface area (Å²) in [5.41, 5.74) is 7.02. The SMILES string of the molecule is COc1ccc(-c2cc(C(=O)N3CCN(c4cccc(Cl)c4)CC3)c(C)n2-c2ccc(C)cc2)cc1. The highest BCUT2D eigenvalue weighted by Gasteiger charge is 2.27. The largest absolute Gasteiger partial charge is 0.497 e. The van der Waals surface area contributed by atoms with Crippen LogP contribution in [0.25, 0.3) is 16.9 Å². The number of piperazine rings is 1. The molecule has 0 unspecified atom stereocenters. The fraction of sp³-hybridized carbons (Fsp3) is 0.233. The van der Waals surface area contributed by atoms with Crippen LogP contribution in [0.2, 0.25) is 5.02 Å². The zero-order valence-corrected chi connectivity index (χ0v) is 21.6. The minimum Gasteiger partial charge on any atom is -0.497 e. The standard InChI is InChI=1S/C30H30ClN3O2/c1-21-7-11-25(12-8-21)34-22(2)28(20-29(34)23-9-13-27(36-3)14-10-23)30(35)33-17-15-32(16-18-33)26-6-4-5-24(31)19-26/h4-14,19-20H,15-18H2,1-3H3. The van der Waals surface area contributed by atoms with E-state index in [1.807, 2.05) is 60.4 Å². The Balaban J connectivity index is 1.46. The molecule has 5 rings (SSSR count). The van der Waals surface area contributed by atoms with E-state index in [1.165, 1.54) is 5.56 Å². The lowest BCUT2D eigenvalue weighted by atomic mass is 10.1. The first kappa shape index (κ1) is 24.0. The predicted molar refractivity (Wildman–Crippen MR) is 147 cm³/mol. The van der Waals surface area contributed by atoms with Gasteiger partial charge in [0.2, 0.25) is 0 Å². The summed E-state index contributed by atoms with van der Waals surface area (Å²) in [5, 5.41) is 0.727. The van der Waals surface area contributed by atoms with E-state index in [-0.39, 0.29) is 5.91 Å². The molecule has 184 valence electrons. The Hall–Kier alpha value is -3.70. The summed E-state index contributed by atoms with van der Waals surface area (Å²) in [5.74, 6) is 0.872. The number of halogens is 1. The summed E-state index contributed by atoms with van der Waals surface area (Å²) < 4.78 is 7.53. The van der Waals surface area contributed by atoms with Gasteiger partial charge < -0.3 is 19.1 Å². The molecular weight excluding hydrogens is 470 g/mol. The van der Waals surface area contributed by atoms with Crippen LogP contribution in [-0.4, -0.2) is 48.7 Å². The molecule has 1 aromatic heterocycles. The molecule has 5 nitrogen and oxygen atoms in total. The van der Waals surface area contributed by atoms with Crippen molar-refractivity contribution >= 4 is 23.2 Å². The molecule has 6 heteroatoms. The molecule has 1 fully saturated rings. The lowest BCUT2D eigenvalue weighted by molar-refractivity contribution is 0.0746. The molecule has 36 heavy (non-hydrogen) atoms. The summed E-state index contributed by atoms with van der Waals surface area (Å²) in [6.45, 7) is 6.98. The fourth-order valence-electron chi connectivity index (χ4n) is 4.84. The Bertz CT molecular complexity index is 1370. The third-order valence-electron chi connectivity index (χ3n) is 6.90. The molecule has 4 aromatic rings. The van der Waals surface area contributed by atoms with Crippen LogP contribution < -0.4 is 9.64 Å². The molecule has 2 heterocycles. The second-order valence-electron chi connectivity index (χ2n) is 9.19. The highest BCUT2D eigenvalue weighted by Crippen LogP contribution is 2.32. The van der Waals surface area contributed by atoms with Gasteiger partial charge in [0.05, 0.1) is 18.4 Å². The number of nitrogens with zero attached hydrogens (tertiary/aromatic N) is 3. The van der Waals surface area contributed by atoms with Crippen molar-refractivity contribution in [3.8, 4) is 22.7 Å². The van der Waals surface area contributed by atoms with Crippen molar-refractivity contribution in [2.75, 3.05) is 38.2 Å². The monoisotopic (exact) mass is 499 g/mol. The molecule has 1 aliphatic rings. The van der Waals surface area contributed by atoms with E-state index < -0.39 is 0 Å². The molecule has 0 saturated carbocycles. The van der Waals surface area contributed by atoms with Crippen molar-refractivity contribution in [1.29, 1.82) is 0 Å². The highest BCUT2D eigenvalue weighted by molar-refractivity contribution is 6.30. The summed E-state index contributed by atoms with van der Waals surface area (Å²) in [6.07, 6.45) is 0. The highest BCUT2D eigenvalue weighted by atomic mass is 35.5. The number of carbonyl (C=O) groups excluding carboxylic acids is 1. The molecule has 3 aromatic carbocycles. The summed E-state index contributed by atoms with van der Waals surface area (Å²) in [6, 6.07) is 26.3. The number of methoxy groups -OCH3 is 1. The molecule has 0 radical (unpaired) electrons. The molecule has 0 aliphatic carbocycles. The van der Waals surface area contributed by atoms with Crippen LogP contribution >= 0.6 is 11.6 Å². The number of anilines is 1. The van der Waals surface area contributed by atoms with Gasteiger partial charge in [-0.2, -0.15) is 0 Å². The van der Waals surface area contributed by atoms with Crippen LogP contribution in [0.5, 0.6) is 5.75 Å². The lowest BCUT2D eigenvalue weighted by Crippen LogP contribution is -2.48. The quantitative estimate of drug-likeness (QED) is 0.319. The van der Waals surface area contributed by atoms with Crippen molar-refractivity contribution in [1.82, 2.24) is 9.47 Å². The van der Waals surface area contributed by atoms with Gasteiger partial charge in [-0.05, 0) is 80.1 Å². The Kier molecular flexibility index (Phi) is 6.75. The van der Waals surface area contributed by atoms with E-state index in [1.54, 1.807) is 7.11 Å². The van der Waals surface area contributed by atoms with E-state index >= 15 is 0 Å². The Morgan fingerprint density at radius 1 is 0.833 bits per heavy atom. The third-order valence-corrected chi connectivity index (χ3v) is 7.13. The maximum atomic E-state index is 13.8. The van der Waals surface area contributed by atoms with Gasteiger partial charge in [0.15, 0.2) is 0 Å². The minimum atomic E-state index is 0.0684. The predicted octanol–water partition coefficient (Wildman–Crippen LogP) is 6.39. The molecule has 0 N–H and O–H groups in total. The molecular formula is C30H30ClN3O2. The molecule has 1 aliphatic heterocycles. The number of ether oxygens (including phenoxy) is 1. The first-order valence-electron chi connectivity index (χ1n) is 12.2. The van der Waals surface area contributed by atoms with E-state index in [4.69, 9.17) is 16.3 Å². The average Bonchev–Trinajstić information content (AvgIpc) is 3.25. The van der Waals surface area contributed by atoms with Gasteiger partial charge >= 0.3 is 0 Å². The molecule has 0 atom stereocenters. The Labute approximate surface area is 217 Å². The van der Waals surface area contributed by atoms with E-state index in [9.17, 15) is 4.79 Å². The number of rotatable bonds is 5. The van der Waals surface area contributed by atoms with Crippen molar-refractivity contribution < 1.29 is 9.53 Å². The summed E-state index contributed by atoms with van der Waals surface area (Å²) >= 11 is 6.18. The average molecular weight is 500 g/mol. The van der Waals surface area contributed by atoms with Crippen LogP contribution in [0.3, 0.4) is 0 Å².